The number of fused-ring (bicyclic) bond motifs is 1. The number of aromatic nitrogens is 3. The van der Waals surface area contributed by atoms with Gasteiger partial charge in [0.15, 0.2) is 0 Å². The lowest BCUT2D eigenvalue weighted by atomic mass is 10.0. The number of pyridine rings is 1. The van der Waals surface area contributed by atoms with E-state index >= 15 is 0 Å². The van der Waals surface area contributed by atoms with Gasteiger partial charge in [0, 0.05) is 49.0 Å². The Hall–Kier alpha value is -3.60. The molecular formula is C28H32N6O3S. The average molecular weight is 533 g/mol. The fraction of sp³-hybridized carbons (Fsp3) is 0.357. The van der Waals surface area contributed by atoms with Crippen molar-refractivity contribution in [3.8, 4) is 11.3 Å². The maximum absolute atomic E-state index is 11.6. The van der Waals surface area contributed by atoms with Gasteiger partial charge in [-0.3, -0.25) is 9.97 Å². The van der Waals surface area contributed by atoms with Crippen molar-refractivity contribution in [1.29, 1.82) is 0 Å². The average Bonchev–Trinajstić information content (AvgIpc) is 3.29. The van der Waals surface area contributed by atoms with Crippen molar-refractivity contribution in [2.75, 3.05) is 30.3 Å². The Kier molecular flexibility index (Phi) is 7.82. The number of hydrogen-bond acceptors (Lipinski definition) is 9. The van der Waals surface area contributed by atoms with Crippen molar-refractivity contribution < 1.29 is 15.0 Å². The number of anilines is 2. The van der Waals surface area contributed by atoms with Gasteiger partial charge in [-0.1, -0.05) is 37.6 Å². The predicted molar refractivity (Wildman–Crippen MR) is 151 cm³/mol. The summed E-state index contributed by atoms with van der Waals surface area (Å²) in [7, 11) is 0. The van der Waals surface area contributed by atoms with E-state index in [9.17, 15) is 15.0 Å². The van der Waals surface area contributed by atoms with Crippen molar-refractivity contribution in [1.82, 2.24) is 20.3 Å². The van der Waals surface area contributed by atoms with Crippen LogP contribution in [0.4, 0.5) is 11.5 Å². The largest absolute Gasteiger partial charge is 0.477 e. The molecule has 0 amide bonds. The normalized spacial score (nSPS) is 15.2. The van der Waals surface area contributed by atoms with Crippen LogP contribution >= 0.6 is 11.3 Å². The zero-order valence-corrected chi connectivity index (χ0v) is 22.1. The maximum Gasteiger partial charge on any atom is 0.348 e. The molecule has 3 aromatic heterocycles. The van der Waals surface area contributed by atoms with Crippen molar-refractivity contribution >= 4 is 39.0 Å². The number of nitrogens with one attached hydrogen (secondary N) is 1. The number of nitrogens with zero attached hydrogens (tertiary/aromatic N) is 4. The minimum Gasteiger partial charge on any atom is -0.477 e. The summed E-state index contributed by atoms with van der Waals surface area (Å²) in [6, 6.07) is 10.2. The first-order valence-electron chi connectivity index (χ1n) is 12.9. The first-order valence-corrected chi connectivity index (χ1v) is 13.7. The molecule has 0 radical (unpaired) electrons. The summed E-state index contributed by atoms with van der Waals surface area (Å²) in [4.78, 5) is 28.0. The van der Waals surface area contributed by atoms with Gasteiger partial charge in [-0.05, 0) is 36.5 Å². The number of aliphatic hydroxyl groups is 1. The lowest BCUT2D eigenvalue weighted by Crippen LogP contribution is -2.44. The van der Waals surface area contributed by atoms with Gasteiger partial charge < -0.3 is 26.2 Å². The van der Waals surface area contributed by atoms with Gasteiger partial charge in [-0.2, -0.15) is 0 Å². The van der Waals surface area contributed by atoms with Gasteiger partial charge in [0.05, 0.1) is 23.7 Å². The fourth-order valence-corrected chi connectivity index (χ4v) is 5.98. The first kappa shape index (κ1) is 26.0. The van der Waals surface area contributed by atoms with Crippen LogP contribution in [0.1, 0.15) is 53.1 Å². The Balaban J connectivity index is 1.19. The number of carbonyl (C=O) groups is 1. The molecular weight excluding hydrogens is 500 g/mol. The summed E-state index contributed by atoms with van der Waals surface area (Å²) in [5.74, 6) is -0.133. The molecule has 0 saturated carbocycles. The number of carboxylic acid groups (broad SMARTS) is 1. The number of thiophene rings is 1. The van der Waals surface area contributed by atoms with E-state index in [1.165, 1.54) is 0 Å². The molecule has 0 spiro atoms. The molecule has 4 heterocycles. The molecule has 1 aliphatic rings. The van der Waals surface area contributed by atoms with E-state index in [1.54, 1.807) is 18.6 Å². The quantitative estimate of drug-likeness (QED) is 0.249. The second kappa shape index (κ2) is 11.4. The predicted octanol–water partition coefficient (Wildman–Crippen LogP) is 4.28. The molecule has 9 nitrogen and oxygen atoms in total. The molecule has 5 rings (SSSR count). The van der Waals surface area contributed by atoms with E-state index < -0.39 is 12.1 Å². The summed E-state index contributed by atoms with van der Waals surface area (Å²) in [6.07, 6.45) is 8.04. The monoisotopic (exact) mass is 532 g/mol. The van der Waals surface area contributed by atoms with E-state index in [4.69, 9.17) is 10.7 Å². The maximum atomic E-state index is 11.6. The van der Waals surface area contributed by atoms with Crippen molar-refractivity contribution in [2.45, 2.75) is 44.8 Å². The SMILES string of the molecule is CCCc1cc(N2CCC(NCC(O)c3ccc(-c4cnccn4)cc3)CC2)nc2sc(C(=O)O)c(N)c12. The Labute approximate surface area is 225 Å². The lowest BCUT2D eigenvalue weighted by molar-refractivity contribution is 0.0703. The Morgan fingerprint density at radius 3 is 2.66 bits per heavy atom. The van der Waals surface area contributed by atoms with Crippen LogP contribution < -0.4 is 16.0 Å². The van der Waals surface area contributed by atoms with Crippen LogP contribution in [-0.2, 0) is 6.42 Å². The molecule has 10 heteroatoms. The van der Waals surface area contributed by atoms with Gasteiger partial charge >= 0.3 is 5.97 Å². The summed E-state index contributed by atoms with van der Waals surface area (Å²) in [6.45, 7) is 4.24. The van der Waals surface area contributed by atoms with Gasteiger partial charge in [-0.25, -0.2) is 9.78 Å². The summed E-state index contributed by atoms with van der Waals surface area (Å²) < 4.78 is 0. The smallest absolute Gasteiger partial charge is 0.348 e. The first-order chi connectivity index (χ1) is 18.4. The molecule has 1 aromatic carbocycles. The Bertz CT molecular complexity index is 1400. The lowest BCUT2D eigenvalue weighted by Gasteiger charge is -2.34. The molecule has 1 fully saturated rings. The Morgan fingerprint density at radius 1 is 1.24 bits per heavy atom. The van der Waals surface area contributed by atoms with Crippen molar-refractivity contribution in [2.24, 2.45) is 0 Å². The van der Waals surface area contributed by atoms with E-state index in [0.29, 0.717) is 23.1 Å². The number of nitrogen functional groups attached to an aromatic ring is 1. The van der Waals surface area contributed by atoms with Crippen LogP contribution in [0.5, 0.6) is 0 Å². The van der Waals surface area contributed by atoms with Crippen molar-refractivity contribution in [3.05, 3.63) is 64.9 Å². The van der Waals surface area contributed by atoms with E-state index in [1.807, 2.05) is 24.3 Å². The molecule has 0 bridgehead atoms. The van der Waals surface area contributed by atoms with Crippen molar-refractivity contribution in [3.63, 3.8) is 0 Å². The highest BCUT2D eigenvalue weighted by atomic mass is 32.1. The molecule has 1 saturated heterocycles. The number of aliphatic hydroxyl groups excluding tert-OH is 1. The number of nitrogens with two attached hydrogens (primary N) is 1. The molecule has 38 heavy (non-hydrogen) atoms. The standard InChI is InChI=1S/C28H32N6O3S/c1-2-3-19-14-23(33-27-24(19)25(29)26(38-27)28(36)37)34-12-8-20(9-13-34)32-16-22(35)18-6-4-17(5-7-18)21-15-30-10-11-31-21/h4-7,10-11,14-15,20,22,32,35H,2-3,8-9,12-13,16,29H2,1H3,(H,36,37). The number of aryl methyl sites for hydroxylation is 1. The van der Waals surface area contributed by atoms with Crippen LogP contribution in [-0.4, -0.2) is 56.8 Å². The highest BCUT2D eigenvalue weighted by Gasteiger charge is 2.24. The number of piperidine rings is 1. The van der Waals surface area contributed by atoms with E-state index in [2.05, 4.69) is 33.2 Å². The van der Waals surface area contributed by atoms with E-state index in [-0.39, 0.29) is 4.88 Å². The number of hydrogen-bond donors (Lipinski definition) is 4. The van der Waals surface area contributed by atoms with Crippen LogP contribution in [0, 0.1) is 0 Å². The Morgan fingerprint density at radius 2 is 2.00 bits per heavy atom. The summed E-state index contributed by atoms with van der Waals surface area (Å²) in [5.41, 5.74) is 10.2. The molecule has 5 N–H and O–H groups in total. The molecule has 198 valence electrons. The molecule has 1 unspecified atom stereocenters. The number of carboxylic acids is 1. The fourth-order valence-electron chi connectivity index (χ4n) is 5.01. The second-order valence-corrected chi connectivity index (χ2v) is 10.6. The van der Waals surface area contributed by atoms with Gasteiger partial charge in [0.2, 0.25) is 0 Å². The number of benzene rings is 1. The minimum absolute atomic E-state index is 0.159. The zero-order chi connectivity index (χ0) is 26.6. The highest BCUT2D eigenvalue weighted by molar-refractivity contribution is 7.21. The number of rotatable bonds is 9. The third-order valence-electron chi connectivity index (χ3n) is 7.05. The van der Waals surface area contributed by atoms with Crippen LogP contribution in [0.15, 0.2) is 48.9 Å². The zero-order valence-electron chi connectivity index (χ0n) is 21.3. The number of aromatic carboxylic acids is 1. The third kappa shape index (κ3) is 5.47. The van der Waals surface area contributed by atoms with Gasteiger partial charge in [0.1, 0.15) is 15.5 Å². The van der Waals surface area contributed by atoms with Crippen LogP contribution in [0.25, 0.3) is 21.5 Å². The van der Waals surface area contributed by atoms with Gasteiger partial charge in [0.25, 0.3) is 0 Å². The summed E-state index contributed by atoms with van der Waals surface area (Å²) in [5, 5.41) is 24.6. The van der Waals surface area contributed by atoms with Crippen LogP contribution in [0.2, 0.25) is 0 Å². The van der Waals surface area contributed by atoms with Gasteiger partial charge in [-0.15, -0.1) is 11.3 Å². The molecule has 0 aliphatic carbocycles. The molecule has 4 aromatic rings. The molecule has 1 atom stereocenters. The second-order valence-electron chi connectivity index (χ2n) is 9.62. The third-order valence-corrected chi connectivity index (χ3v) is 8.14. The van der Waals surface area contributed by atoms with Crippen LogP contribution in [0.3, 0.4) is 0 Å². The topological polar surface area (TPSA) is 137 Å². The molecule has 1 aliphatic heterocycles. The summed E-state index contributed by atoms with van der Waals surface area (Å²) >= 11 is 1.15. The highest BCUT2D eigenvalue weighted by Crippen LogP contribution is 2.37. The van der Waals surface area contributed by atoms with E-state index in [0.717, 1.165) is 83.7 Å². The minimum atomic E-state index is -1.01.